The molecule has 0 atom stereocenters. The van der Waals surface area contributed by atoms with Gasteiger partial charge in [0.1, 0.15) is 17.0 Å². The second-order valence-corrected chi connectivity index (χ2v) is 6.95. The summed E-state index contributed by atoms with van der Waals surface area (Å²) < 4.78 is 20.4. The van der Waals surface area contributed by atoms with E-state index in [9.17, 15) is 9.00 Å². The molecule has 0 aliphatic carbocycles. The minimum atomic E-state index is -2.51. The Balaban J connectivity index is 2.57. The van der Waals surface area contributed by atoms with E-state index in [0.29, 0.717) is 11.5 Å². The summed E-state index contributed by atoms with van der Waals surface area (Å²) in [5.41, 5.74) is 1.45. The molecule has 0 aliphatic heterocycles. The summed E-state index contributed by atoms with van der Waals surface area (Å²) in [5.74, 6) is -0.191. The van der Waals surface area contributed by atoms with Crippen LogP contribution in [0.1, 0.15) is 16.1 Å². The second-order valence-electron chi connectivity index (χ2n) is 4.41. The van der Waals surface area contributed by atoms with Gasteiger partial charge in [-0.1, -0.05) is 35.5 Å². The van der Waals surface area contributed by atoms with Gasteiger partial charge in [-0.15, -0.1) is 0 Å². The molecule has 19 heavy (non-hydrogen) atoms. The minimum absolute atomic E-state index is 0.266. The Morgan fingerprint density at radius 3 is 2.47 bits per heavy atom. The van der Waals surface area contributed by atoms with Crippen LogP contribution >= 0.6 is 0 Å². The second kappa shape index (κ2) is 4.97. The number of benzene rings is 1. The number of aromatic nitrogens is 1. The molecule has 1 aromatic carbocycles. The van der Waals surface area contributed by atoms with E-state index in [1.54, 1.807) is 6.92 Å². The van der Waals surface area contributed by atoms with Gasteiger partial charge in [0.05, 0.1) is 0 Å². The Bertz CT molecular complexity index is 718. The molecule has 1 aromatic heterocycles. The zero-order valence-electron chi connectivity index (χ0n) is 10.9. The number of amides is 1. The van der Waals surface area contributed by atoms with Crippen molar-refractivity contribution < 1.29 is 13.5 Å². The van der Waals surface area contributed by atoms with Crippen LogP contribution in [0.4, 0.5) is 0 Å². The zero-order valence-corrected chi connectivity index (χ0v) is 11.7. The highest BCUT2D eigenvalue weighted by molar-refractivity contribution is 7.92. The van der Waals surface area contributed by atoms with Gasteiger partial charge < -0.3 is 4.52 Å². The molecule has 0 fully saturated rings. The highest BCUT2D eigenvalue weighted by Crippen LogP contribution is 2.25. The lowest BCUT2D eigenvalue weighted by molar-refractivity contribution is 0.100. The third kappa shape index (κ3) is 3.08. The van der Waals surface area contributed by atoms with E-state index >= 15 is 0 Å². The fraction of sp³-hybridized carbons (Fsp3) is 0.231. The summed E-state index contributed by atoms with van der Waals surface area (Å²) in [4.78, 5) is 12.1. The Labute approximate surface area is 111 Å². The molecule has 0 bridgehead atoms. The summed E-state index contributed by atoms with van der Waals surface area (Å²) in [7, 11) is -2.51. The Morgan fingerprint density at radius 2 is 1.89 bits per heavy atom. The van der Waals surface area contributed by atoms with Crippen molar-refractivity contribution >= 4 is 15.6 Å². The summed E-state index contributed by atoms with van der Waals surface area (Å²) in [6.07, 6.45) is 2.83. The first-order valence-corrected chi connectivity index (χ1v) is 7.95. The molecular weight excluding hydrogens is 264 g/mol. The SMILES string of the molecule is Cc1onc(-c2ccccc2)c1C(=O)N=S(C)(C)=O. The van der Waals surface area contributed by atoms with Crippen LogP contribution in [0, 0.1) is 6.92 Å². The maximum absolute atomic E-state index is 12.1. The monoisotopic (exact) mass is 278 g/mol. The lowest BCUT2D eigenvalue weighted by Gasteiger charge is -1.99. The average molecular weight is 278 g/mol. The molecule has 0 saturated heterocycles. The molecule has 0 radical (unpaired) electrons. The van der Waals surface area contributed by atoms with Crippen LogP contribution in [-0.2, 0) is 9.73 Å². The van der Waals surface area contributed by atoms with E-state index in [2.05, 4.69) is 9.52 Å². The lowest BCUT2D eigenvalue weighted by atomic mass is 10.1. The molecule has 1 amide bonds. The van der Waals surface area contributed by atoms with Gasteiger partial charge in [-0.2, -0.15) is 4.36 Å². The summed E-state index contributed by atoms with van der Waals surface area (Å²) >= 11 is 0. The van der Waals surface area contributed by atoms with Crippen molar-refractivity contribution in [1.82, 2.24) is 5.16 Å². The number of hydrogen-bond acceptors (Lipinski definition) is 4. The van der Waals surface area contributed by atoms with Crippen LogP contribution in [0.15, 0.2) is 39.2 Å². The molecule has 2 aromatic rings. The van der Waals surface area contributed by atoms with Crippen molar-refractivity contribution in [1.29, 1.82) is 0 Å². The Hall–Kier alpha value is -1.95. The fourth-order valence-corrected chi connectivity index (χ4v) is 2.15. The lowest BCUT2D eigenvalue weighted by Crippen LogP contribution is -2.03. The van der Waals surface area contributed by atoms with Crippen molar-refractivity contribution in [3.8, 4) is 11.3 Å². The maximum atomic E-state index is 12.1. The predicted molar refractivity (Wildman–Crippen MR) is 73.4 cm³/mol. The van der Waals surface area contributed by atoms with Crippen LogP contribution in [-0.4, -0.2) is 27.8 Å². The molecule has 6 heteroatoms. The summed E-state index contributed by atoms with van der Waals surface area (Å²) in [6.45, 7) is 1.63. The van der Waals surface area contributed by atoms with E-state index in [1.807, 2.05) is 30.3 Å². The van der Waals surface area contributed by atoms with Crippen LogP contribution in [0.2, 0.25) is 0 Å². The molecule has 0 saturated carbocycles. The number of carbonyl (C=O) groups excluding carboxylic acids is 1. The van der Waals surface area contributed by atoms with Gasteiger partial charge in [-0.3, -0.25) is 4.79 Å². The molecule has 0 N–H and O–H groups in total. The van der Waals surface area contributed by atoms with Gasteiger partial charge in [0.25, 0.3) is 5.91 Å². The van der Waals surface area contributed by atoms with Crippen molar-refractivity contribution in [3.05, 3.63) is 41.7 Å². The highest BCUT2D eigenvalue weighted by Gasteiger charge is 2.21. The van der Waals surface area contributed by atoms with E-state index in [1.165, 1.54) is 12.5 Å². The molecule has 5 nitrogen and oxygen atoms in total. The zero-order chi connectivity index (χ0) is 14.0. The van der Waals surface area contributed by atoms with E-state index in [-0.39, 0.29) is 5.56 Å². The van der Waals surface area contributed by atoms with Gasteiger partial charge in [0.2, 0.25) is 0 Å². The van der Waals surface area contributed by atoms with E-state index in [4.69, 9.17) is 4.52 Å². The summed E-state index contributed by atoms with van der Waals surface area (Å²) in [5, 5.41) is 3.89. The number of aryl methyl sites for hydroxylation is 1. The van der Waals surface area contributed by atoms with E-state index < -0.39 is 15.6 Å². The minimum Gasteiger partial charge on any atom is -0.360 e. The van der Waals surface area contributed by atoms with Gasteiger partial charge >= 0.3 is 0 Å². The number of hydrogen-bond donors (Lipinski definition) is 0. The Kier molecular flexibility index (Phi) is 3.53. The standard InChI is InChI=1S/C13H14N2O3S/c1-9-11(13(16)15-19(2,3)17)12(14-18-9)10-7-5-4-6-8-10/h4-8H,1-3H3. The molecule has 100 valence electrons. The maximum Gasteiger partial charge on any atom is 0.290 e. The van der Waals surface area contributed by atoms with Crippen LogP contribution in [0.3, 0.4) is 0 Å². The van der Waals surface area contributed by atoms with Crippen molar-refractivity contribution in [2.24, 2.45) is 4.36 Å². The van der Waals surface area contributed by atoms with Gasteiger partial charge in [-0.25, -0.2) is 4.21 Å². The molecule has 2 rings (SSSR count). The number of carbonyl (C=O) groups is 1. The molecule has 0 unspecified atom stereocenters. The van der Waals surface area contributed by atoms with Crippen molar-refractivity contribution in [2.45, 2.75) is 6.92 Å². The van der Waals surface area contributed by atoms with Gasteiger partial charge in [0, 0.05) is 27.8 Å². The van der Waals surface area contributed by atoms with Crippen molar-refractivity contribution in [3.63, 3.8) is 0 Å². The largest absolute Gasteiger partial charge is 0.360 e. The topological polar surface area (TPSA) is 72.5 Å². The third-order valence-electron chi connectivity index (χ3n) is 2.43. The van der Waals surface area contributed by atoms with Crippen LogP contribution in [0.25, 0.3) is 11.3 Å². The molecule has 0 aliphatic rings. The quantitative estimate of drug-likeness (QED) is 0.846. The number of nitrogens with zero attached hydrogens (tertiary/aromatic N) is 2. The van der Waals surface area contributed by atoms with Gasteiger partial charge in [0.15, 0.2) is 0 Å². The molecular formula is C13H14N2O3S. The Morgan fingerprint density at radius 1 is 1.26 bits per heavy atom. The van der Waals surface area contributed by atoms with Crippen molar-refractivity contribution in [2.75, 3.05) is 12.5 Å². The first-order chi connectivity index (χ1) is 8.88. The van der Waals surface area contributed by atoms with E-state index in [0.717, 1.165) is 5.56 Å². The molecule has 0 spiro atoms. The number of rotatable bonds is 2. The normalized spacial score (nSPS) is 11.3. The van der Waals surface area contributed by atoms with Gasteiger partial charge in [-0.05, 0) is 6.92 Å². The smallest absolute Gasteiger partial charge is 0.290 e. The molecule has 1 heterocycles. The van der Waals surface area contributed by atoms with Crippen LogP contribution < -0.4 is 0 Å². The summed E-state index contributed by atoms with van der Waals surface area (Å²) in [6, 6.07) is 9.20. The average Bonchev–Trinajstić information content (AvgIpc) is 2.70. The first-order valence-electron chi connectivity index (χ1n) is 5.61. The highest BCUT2D eigenvalue weighted by atomic mass is 32.2. The predicted octanol–water partition coefficient (Wildman–Crippen LogP) is 2.52. The first kappa shape index (κ1) is 13.5. The van der Waals surface area contributed by atoms with Crippen LogP contribution in [0.5, 0.6) is 0 Å². The fourth-order valence-electron chi connectivity index (χ4n) is 1.66. The third-order valence-corrected chi connectivity index (χ3v) is 3.03.